The van der Waals surface area contributed by atoms with Gasteiger partial charge in [0.15, 0.2) is 15.5 Å². The van der Waals surface area contributed by atoms with Crippen molar-refractivity contribution in [2.45, 2.75) is 16.2 Å². The number of ether oxygens (including phenoxy) is 1. The highest BCUT2D eigenvalue weighted by Crippen LogP contribution is 2.54. The second-order valence-corrected chi connectivity index (χ2v) is 9.90. The van der Waals surface area contributed by atoms with Gasteiger partial charge in [0.2, 0.25) is 11.8 Å². The lowest BCUT2D eigenvalue weighted by Crippen LogP contribution is -2.32. The minimum Gasteiger partial charge on any atom is -0.504 e. The van der Waals surface area contributed by atoms with Crippen molar-refractivity contribution in [1.29, 1.82) is 0 Å². The first-order valence-corrected chi connectivity index (χ1v) is 11.3. The van der Waals surface area contributed by atoms with Gasteiger partial charge in [-0.15, -0.1) is 11.3 Å². The summed E-state index contributed by atoms with van der Waals surface area (Å²) in [5.41, 5.74) is 1.31. The number of imide groups is 1. The van der Waals surface area contributed by atoms with Crippen LogP contribution in [0.25, 0.3) is 0 Å². The van der Waals surface area contributed by atoms with Gasteiger partial charge in [0.1, 0.15) is 5.25 Å². The molecule has 2 amide bonds. The molecular formula is C21H16N2O4S3. The van der Waals surface area contributed by atoms with Crippen LogP contribution in [0, 0.1) is 9.87 Å². The van der Waals surface area contributed by atoms with Crippen molar-refractivity contribution in [2.75, 3.05) is 12.0 Å². The number of nitrogens with zero attached hydrogens (tertiary/aromatic N) is 1. The molecule has 3 atom stereocenters. The topological polar surface area (TPSA) is 82.6 Å². The standard InChI is InChI=1S/C21H16N2O4S3/c1-27-13-8-7-10(9-12(13)24)14-15-17(29-18-16(14)30-21(28)22-18)20(26)23(19(15)25)11-5-3-2-4-6-11/h2-9,14-15,17,24H,1H3,(H,22,28). The predicted molar refractivity (Wildman–Crippen MR) is 118 cm³/mol. The zero-order chi connectivity index (χ0) is 21.0. The maximum atomic E-state index is 13.5. The second-order valence-electron chi connectivity index (χ2n) is 7.03. The van der Waals surface area contributed by atoms with Crippen molar-refractivity contribution in [2.24, 2.45) is 5.92 Å². The number of hydrogen-bond donors (Lipinski definition) is 2. The van der Waals surface area contributed by atoms with Crippen LogP contribution in [-0.2, 0) is 9.59 Å². The number of hydrogen-bond acceptors (Lipinski definition) is 7. The molecular weight excluding hydrogens is 440 g/mol. The second kappa shape index (κ2) is 7.26. The van der Waals surface area contributed by atoms with Crippen LogP contribution in [0.15, 0.2) is 53.6 Å². The Balaban J connectivity index is 1.66. The number of aromatic hydroxyl groups is 1. The van der Waals surface area contributed by atoms with Gasteiger partial charge in [0.25, 0.3) is 0 Å². The molecule has 0 bridgehead atoms. The fraction of sp³-hybridized carbons (Fsp3) is 0.190. The number of carbonyl (C=O) groups is 2. The molecule has 3 aromatic rings. The minimum atomic E-state index is -0.593. The Kier molecular flexibility index (Phi) is 4.68. The average Bonchev–Trinajstić information content (AvgIpc) is 3.23. The Bertz CT molecular complexity index is 1220. The fourth-order valence-corrected chi connectivity index (χ4v) is 7.07. The summed E-state index contributed by atoms with van der Waals surface area (Å²) in [6, 6.07) is 14.1. The molecule has 0 radical (unpaired) electrons. The van der Waals surface area contributed by atoms with E-state index in [9.17, 15) is 14.7 Å². The first-order chi connectivity index (χ1) is 14.5. The van der Waals surface area contributed by atoms with E-state index in [1.54, 1.807) is 36.4 Å². The normalized spacial score (nSPS) is 22.7. The van der Waals surface area contributed by atoms with E-state index in [1.165, 1.54) is 35.1 Å². The molecule has 3 unspecified atom stereocenters. The highest BCUT2D eigenvalue weighted by atomic mass is 32.2. The summed E-state index contributed by atoms with van der Waals surface area (Å²) in [6.45, 7) is 0. The number of thioether (sulfide) groups is 1. The average molecular weight is 457 g/mol. The number of phenolic OH excluding ortho intramolecular Hbond substituents is 1. The number of nitrogens with one attached hydrogen (secondary N) is 1. The van der Waals surface area contributed by atoms with E-state index < -0.39 is 17.1 Å². The third-order valence-corrected chi connectivity index (χ3v) is 8.15. The molecule has 6 nitrogen and oxygen atoms in total. The van der Waals surface area contributed by atoms with Crippen molar-refractivity contribution < 1.29 is 19.4 Å². The van der Waals surface area contributed by atoms with Gasteiger partial charge >= 0.3 is 0 Å². The van der Waals surface area contributed by atoms with Gasteiger partial charge in [0.05, 0.1) is 23.7 Å². The molecule has 2 aromatic carbocycles. The molecule has 9 heteroatoms. The third kappa shape index (κ3) is 2.88. The van der Waals surface area contributed by atoms with Gasteiger partial charge in [-0.2, -0.15) is 0 Å². The maximum absolute atomic E-state index is 13.5. The molecule has 1 saturated heterocycles. The van der Waals surface area contributed by atoms with Crippen LogP contribution in [0.2, 0.25) is 0 Å². The predicted octanol–water partition coefficient (Wildman–Crippen LogP) is 4.32. The Hall–Kier alpha value is -2.62. The molecule has 152 valence electrons. The van der Waals surface area contributed by atoms with Gasteiger partial charge in [-0.1, -0.05) is 36.0 Å². The molecule has 2 aliphatic rings. The molecule has 0 saturated carbocycles. The maximum Gasteiger partial charge on any atom is 0.248 e. The van der Waals surface area contributed by atoms with Crippen LogP contribution in [0.4, 0.5) is 5.69 Å². The van der Waals surface area contributed by atoms with Gasteiger partial charge in [-0.05, 0) is 42.0 Å². The van der Waals surface area contributed by atoms with Gasteiger partial charge in [0, 0.05) is 10.8 Å². The van der Waals surface area contributed by atoms with Crippen LogP contribution < -0.4 is 9.64 Å². The molecule has 1 fully saturated rings. The third-order valence-electron chi connectivity index (χ3n) is 5.40. The summed E-state index contributed by atoms with van der Waals surface area (Å²) in [5.74, 6) is -1.13. The first-order valence-electron chi connectivity index (χ1n) is 9.19. The fourth-order valence-electron chi connectivity index (χ4n) is 4.11. The molecule has 30 heavy (non-hydrogen) atoms. The Morgan fingerprint density at radius 3 is 2.60 bits per heavy atom. The van der Waals surface area contributed by atoms with Gasteiger partial charge in [-0.3, -0.25) is 9.59 Å². The van der Waals surface area contributed by atoms with Crippen molar-refractivity contribution in [3.8, 4) is 11.5 Å². The van der Waals surface area contributed by atoms with Gasteiger partial charge in [-0.25, -0.2) is 4.90 Å². The molecule has 3 heterocycles. The van der Waals surface area contributed by atoms with Crippen molar-refractivity contribution in [3.63, 3.8) is 0 Å². The highest BCUT2D eigenvalue weighted by Gasteiger charge is 2.56. The first kappa shape index (κ1) is 19.3. The summed E-state index contributed by atoms with van der Waals surface area (Å²) >= 11 is 8.10. The number of methoxy groups -OCH3 is 1. The molecule has 0 aliphatic carbocycles. The lowest BCUT2D eigenvalue weighted by molar-refractivity contribution is -0.122. The monoisotopic (exact) mass is 456 g/mol. The minimum absolute atomic E-state index is 0.0119. The quantitative estimate of drug-likeness (QED) is 0.451. The molecule has 2 aliphatic heterocycles. The van der Waals surface area contributed by atoms with Crippen molar-refractivity contribution in [3.05, 3.63) is 62.9 Å². The number of aromatic nitrogens is 1. The highest BCUT2D eigenvalue weighted by molar-refractivity contribution is 8.01. The van der Waals surface area contributed by atoms with Crippen molar-refractivity contribution >= 4 is 52.8 Å². The number of para-hydroxylation sites is 1. The lowest BCUT2D eigenvalue weighted by atomic mass is 9.83. The number of rotatable bonds is 3. The van der Waals surface area contributed by atoms with Crippen LogP contribution >= 0.6 is 35.3 Å². The summed E-state index contributed by atoms with van der Waals surface area (Å²) in [7, 11) is 1.48. The Morgan fingerprint density at radius 1 is 1.13 bits per heavy atom. The van der Waals surface area contributed by atoms with E-state index in [0.29, 0.717) is 15.4 Å². The van der Waals surface area contributed by atoms with Gasteiger partial charge < -0.3 is 14.8 Å². The number of H-pyrrole nitrogens is 1. The largest absolute Gasteiger partial charge is 0.504 e. The molecule has 5 rings (SSSR count). The number of phenols is 1. The number of carbonyl (C=O) groups excluding carboxylic acids is 2. The van der Waals surface area contributed by atoms with Crippen LogP contribution in [0.5, 0.6) is 11.5 Å². The number of amides is 2. The van der Waals surface area contributed by atoms with E-state index in [1.807, 2.05) is 12.1 Å². The zero-order valence-corrected chi connectivity index (χ0v) is 18.1. The SMILES string of the molecule is COc1ccc(C2c3sc(=S)[nH]c3SC3C(=O)N(c4ccccc4)C(=O)C32)cc1O. The number of benzene rings is 2. The molecule has 0 spiro atoms. The van der Waals surface area contributed by atoms with E-state index in [-0.39, 0.29) is 17.6 Å². The smallest absolute Gasteiger partial charge is 0.248 e. The lowest BCUT2D eigenvalue weighted by Gasteiger charge is -2.30. The van der Waals surface area contributed by atoms with Crippen LogP contribution in [0.1, 0.15) is 16.4 Å². The Labute approximate surface area is 185 Å². The molecule has 2 N–H and O–H groups in total. The molecule has 1 aromatic heterocycles. The van der Waals surface area contributed by atoms with E-state index in [0.717, 1.165) is 15.5 Å². The van der Waals surface area contributed by atoms with Crippen LogP contribution in [0.3, 0.4) is 0 Å². The number of anilines is 1. The van der Waals surface area contributed by atoms with Crippen LogP contribution in [-0.4, -0.2) is 34.3 Å². The van der Waals surface area contributed by atoms with E-state index in [2.05, 4.69) is 4.98 Å². The summed E-state index contributed by atoms with van der Waals surface area (Å²) in [6.07, 6.45) is 0. The number of aromatic amines is 1. The summed E-state index contributed by atoms with van der Waals surface area (Å²) < 4.78 is 5.75. The summed E-state index contributed by atoms with van der Waals surface area (Å²) in [4.78, 5) is 32.2. The zero-order valence-electron chi connectivity index (χ0n) is 15.7. The number of thiazole rings is 1. The number of fused-ring (bicyclic) bond motifs is 2. The van der Waals surface area contributed by atoms with E-state index >= 15 is 0 Å². The Morgan fingerprint density at radius 2 is 1.90 bits per heavy atom. The van der Waals surface area contributed by atoms with E-state index in [4.69, 9.17) is 17.0 Å². The summed E-state index contributed by atoms with van der Waals surface area (Å²) in [5, 5.41) is 10.6. The van der Waals surface area contributed by atoms with Crippen molar-refractivity contribution in [1.82, 2.24) is 4.98 Å².